The first-order valence-corrected chi connectivity index (χ1v) is 12.1. The van der Waals surface area contributed by atoms with E-state index < -0.39 is 29.5 Å². The molecule has 4 aromatic rings. The van der Waals surface area contributed by atoms with E-state index >= 15 is 0 Å². The van der Waals surface area contributed by atoms with Gasteiger partial charge in [0.2, 0.25) is 0 Å². The number of ether oxygens (including phenoxy) is 1. The summed E-state index contributed by atoms with van der Waals surface area (Å²) in [6.07, 6.45) is 2.39. The average molecular weight is 512 g/mol. The Hall–Kier alpha value is -4.79. The van der Waals surface area contributed by atoms with Gasteiger partial charge < -0.3 is 15.5 Å². The molecule has 1 fully saturated rings. The maximum Gasteiger partial charge on any atom is 0.418 e. The van der Waals surface area contributed by atoms with E-state index in [1.165, 1.54) is 18.3 Å². The molecule has 0 aliphatic carbocycles. The van der Waals surface area contributed by atoms with Crippen molar-refractivity contribution in [3.05, 3.63) is 107 Å². The predicted octanol–water partition coefficient (Wildman–Crippen LogP) is 4.88. The minimum Gasteiger partial charge on any atom is -0.424 e. The summed E-state index contributed by atoms with van der Waals surface area (Å²) in [6.45, 7) is 1.70. The number of H-pyrrole nitrogens is 1. The van der Waals surface area contributed by atoms with Crippen molar-refractivity contribution in [1.82, 2.24) is 14.9 Å². The van der Waals surface area contributed by atoms with Gasteiger partial charge in [-0.25, -0.2) is 19.1 Å². The number of carbonyl (C=O) groups is 2. The van der Waals surface area contributed by atoms with Gasteiger partial charge in [0.25, 0.3) is 11.5 Å². The number of aromatic nitrogens is 2. The number of aliphatic imine (C=N–C) groups is 1. The van der Waals surface area contributed by atoms with Crippen LogP contribution in [0.2, 0.25) is 0 Å². The molecule has 3 aromatic carbocycles. The Morgan fingerprint density at radius 1 is 1.16 bits per heavy atom. The highest BCUT2D eigenvalue weighted by atomic mass is 19.1. The molecule has 2 heterocycles. The molecule has 5 rings (SSSR count). The van der Waals surface area contributed by atoms with Crippen LogP contribution >= 0.6 is 0 Å². The molecule has 0 spiro atoms. The number of benzene rings is 3. The number of fused-ring (bicyclic) bond motifs is 1. The number of allylic oxidation sites excluding steroid dienone is 1. The van der Waals surface area contributed by atoms with Crippen LogP contribution in [0.25, 0.3) is 16.6 Å². The molecule has 1 aliphatic rings. The first kappa shape index (κ1) is 24.9. The SMILES string of the molecule is CN=C/C(=C\N)c1ccc2nc([C@@]3(Cc4ccccc4)OC(=O)N([C@H](C)c4ccc(F)cc4)C3=O)[nH]c2c1. The standard InChI is InChI=1S/C29H26FN5O3/c1-18(20-8-11-23(30)12-9-20)35-27(36)29(38-28(35)37,15-19-6-4-3-5-7-19)26-33-24-13-10-21(14-25(24)34-26)22(16-31)17-32-2/h3-14,16-18H,15,31H2,1-2H3,(H,33,34)/b22-16+,32-17?/t18-,29-/m1/s1. The van der Waals surface area contributed by atoms with Crippen LogP contribution in [0, 0.1) is 5.82 Å². The lowest BCUT2D eigenvalue weighted by atomic mass is 9.92. The van der Waals surface area contributed by atoms with Crippen LogP contribution in [0.1, 0.15) is 35.5 Å². The average Bonchev–Trinajstić information content (AvgIpc) is 3.46. The summed E-state index contributed by atoms with van der Waals surface area (Å²) in [6, 6.07) is 19.8. The molecule has 1 saturated heterocycles. The number of rotatable bonds is 7. The number of hydrogen-bond acceptors (Lipinski definition) is 6. The zero-order chi connectivity index (χ0) is 26.9. The number of cyclic esters (lactones) is 1. The van der Waals surface area contributed by atoms with Gasteiger partial charge in [-0.2, -0.15) is 0 Å². The first-order valence-electron chi connectivity index (χ1n) is 12.1. The number of amides is 2. The van der Waals surface area contributed by atoms with E-state index in [0.29, 0.717) is 22.2 Å². The lowest BCUT2D eigenvalue weighted by Gasteiger charge is -2.25. The summed E-state index contributed by atoms with van der Waals surface area (Å²) >= 11 is 0. The van der Waals surface area contributed by atoms with Crippen LogP contribution in [-0.4, -0.2) is 40.1 Å². The highest BCUT2D eigenvalue weighted by molar-refractivity contribution is 6.10. The Balaban J connectivity index is 1.60. The Kier molecular flexibility index (Phi) is 6.50. The molecule has 0 radical (unpaired) electrons. The van der Waals surface area contributed by atoms with Crippen LogP contribution in [0.15, 0.2) is 84.0 Å². The maximum absolute atomic E-state index is 14.1. The van der Waals surface area contributed by atoms with Crippen molar-refractivity contribution in [1.29, 1.82) is 0 Å². The number of hydrogen-bond donors (Lipinski definition) is 2. The van der Waals surface area contributed by atoms with Crippen molar-refractivity contribution in [2.24, 2.45) is 10.7 Å². The molecule has 0 unspecified atom stereocenters. The maximum atomic E-state index is 14.1. The van der Waals surface area contributed by atoms with Crippen LogP contribution in [0.3, 0.4) is 0 Å². The van der Waals surface area contributed by atoms with Gasteiger partial charge in [-0.3, -0.25) is 9.79 Å². The lowest BCUT2D eigenvalue weighted by molar-refractivity contribution is -0.139. The number of nitrogens with zero attached hydrogens (tertiary/aromatic N) is 3. The second kappa shape index (κ2) is 9.93. The number of nitrogens with one attached hydrogen (secondary N) is 1. The van der Waals surface area contributed by atoms with Crippen LogP contribution in [0.4, 0.5) is 9.18 Å². The molecule has 192 valence electrons. The van der Waals surface area contributed by atoms with Crippen molar-refractivity contribution in [2.75, 3.05) is 7.05 Å². The van der Waals surface area contributed by atoms with Gasteiger partial charge >= 0.3 is 6.09 Å². The second-order valence-electron chi connectivity index (χ2n) is 9.09. The normalized spacial score (nSPS) is 18.9. The Labute approximate surface area is 218 Å². The van der Waals surface area contributed by atoms with E-state index in [1.807, 2.05) is 42.5 Å². The molecule has 0 bridgehead atoms. The largest absolute Gasteiger partial charge is 0.424 e. The summed E-state index contributed by atoms with van der Waals surface area (Å²) in [5.74, 6) is -0.750. The number of nitrogens with two attached hydrogens (primary N) is 1. The zero-order valence-electron chi connectivity index (χ0n) is 20.9. The van der Waals surface area contributed by atoms with Gasteiger partial charge in [-0.1, -0.05) is 48.5 Å². The monoisotopic (exact) mass is 511 g/mol. The first-order chi connectivity index (χ1) is 18.4. The number of aromatic amines is 1. The van der Waals surface area contributed by atoms with Gasteiger partial charge in [0.05, 0.1) is 17.1 Å². The molecule has 8 nitrogen and oxygen atoms in total. The van der Waals surface area contributed by atoms with E-state index in [9.17, 15) is 14.0 Å². The molecule has 1 aliphatic heterocycles. The molecule has 3 N–H and O–H groups in total. The van der Waals surface area contributed by atoms with Crippen LogP contribution in [-0.2, 0) is 21.6 Å². The molecular formula is C29H26FN5O3. The van der Waals surface area contributed by atoms with Gasteiger partial charge in [0.1, 0.15) is 5.82 Å². The summed E-state index contributed by atoms with van der Waals surface area (Å²) in [5, 5.41) is 0. The molecular weight excluding hydrogens is 485 g/mol. The van der Waals surface area contributed by atoms with Crippen molar-refractivity contribution in [2.45, 2.75) is 25.0 Å². The highest BCUT2D eigenvalue weighted by Crippen LogP contribution is 2.41. The predicted molar refractivity (Wildman–Crippen MR) is 143 cm³/mol. The number of halogens is 1. The van der Waals surface area contributed by atoms with E-state index in [0.717, 1.165) is 16.0 Å². The van der Waals surface area contributed by atoms with Gasteiger partial charge in [0.15, 0.2) is 5.82 Å². The fourth-order valence-electron chi connectivity index (χ4n) is 4.71. The second-order valence-corrected chi connectivity index (χ2v) is 9.09. The zero-order valence-corrected chi connectivity index (χ0v) is 20.9. The number of carbonyl (C=O) groups excluding carboxylic acids is 2. The third kappa shape index (κ3) is 4.32. The third-order valence-corrected chi connectivity index (χ3v) is 6.70. The summed E-state index contributed by atoms with van der Waals surface area (Å²) < 4.78 is 19.4. The van der Waals surface area contributed by atoms with E-state index in [1.54, 1.807) is 38.4 Å². The van der Waals surface area contributed by atoms with Gasteiger partial charge in [0, 0.05) is 31.5 Å². The minimum atomic E-state index is -1.72. The molecule has 2 atom stereocenters. The smallest absolute Gasteiger partial charge is 0.418 e. The van der Waals surface area contributed by atoms with E-state index in [4.69, 9.17) is 10.5 Å². The quantitative estimate of drug-likeness (QED) is 0.343. The molecule has 0 saturated carbocycles. The van der Waals surface area contributed by atoms with Crippen molar-refractivity contribution >= 4 is 34.8 Å². The van der Waals surface area contributed by atoms with E-state index in [2.05, 4.69) is 15.0 Å². The minimum absolute atomic E-state index is 0.0776. The Morgan fingerprint density at radius 3 is 2.58 bits per heavy atom. The lowest BCUT2D eigenvalue weighted by Crippen LogP contribution is -2.42. The van der Waals surface area contributed by atoms with Crippen molar-refractivity contribution < 1.29 is 18.7 Å². The summed E-state index contributed by atoms with van der Waals surface area (Å²) in [7, 11) is 1.66. The van der Waals surface area contributed by atoms with Crippen LogP contribution < -0.4 is 5.73 Å². The molecule has 9 heteroatoms. The highest BCUT2D eigenvalue weighted by Gasteiger charge is 2.58. The van der Waals surface area contributed by atoms with Crippen LogP contribution in [0.5, 0.6) is 0 Å². The molecule has 38 heavy (non-hydrogen) atoms. The molecule has 2 amide bonds. The summed E-state index contributed by atoms with van der Waals surface area (Å²) in [4.78, 5) is 40.4. The fraction of sp³-hybridized carbons (Fsp3) is 0.172. The Bertz CT molecular complexity index is 1560. The van der Waals surface area contributed by atoms with Crippen molar-refractivity contribution in [3.8, 4) is 0 Å². The molecule has 1 aromatic heterocycles. The fourth-order valence-corrected chi connectivity index (χ4v) is 4.71. The summed E-state index contributed by atoms with van der Waals surface area (Å²) in [5.41, 5.74) is 8.19. The Morgan fingerprint density at radius 2 is 1.89 bits per heavy atom. The van der Waals surface area contributed by atoms with E-state index in [-0.39, 0.29) is 12.2 Å². The third-order valence-electron chi connectivity index (χ3n) is 6.70. The topological polar surface area (TPSA) is 114 Å². The van der Waals surface area contributed by atoms with Crippen molar-refractivity contribution in [3.63, 3.8) is 0 Å². The number of imidazole rings is 1. The van der Waals surface area contributed by atoms with Gasteiger partial charge in [-0.15, -0.1) is 0 Å². The number of imide groups is 1. The van der Waals surface area contributed by atoms with Gasteiger partial charge in [-0.05, 0) is 47.9 Å².